The SMILES string of the molecule is O=C(O)C=Cc1ccccc1OCc1ccc(F)c(Br)c1. The number of halogens is 2. The number of ether oxygens (including phenoxy) is 1. The minimum atomic E-state index is -1.02. The molecule has 2 rings (SSSR count). The highest BCUT2D eigenvalue weighted by Crippen LogP contribution is 2.22. The van der Waals surface area contributed by atoms with E-state index in [4.69, 9.17) is 9.84 Å². The van der Waals surface area contributed by atoms with Crippen LogP contribution in [-0.2, 0) is 11.4 Å². The van der Waals surface area contributed by atoms with Crippen LogP contribution in [-0.4, -0.2) is 11.1 Å². The van der Waals surface area contributed by atoms with Gasteiger partial charge < -0.3 is 9.84 Å². The van der Waals surface area contributed by atoms with Gasteiger partial charge in [-0.1, -0.05) is 24.3 Å². The zero-order valence-corrected chi connectivity index (χ0v) is 12.5. The molecule has 2 aromatic rings. The van der Waals surface area contributed by atoms with Crippen LogP contribution in [0.1, 0.15) is 11.1 Å². The van der Waals surface area contributed by atoms with Gasteiger partial charge in [0.15, 0.2) is 0 Å². The lowest BCUT2D eigenvalue weighted by atomic mass is 10.2. The van der Waals surface area contributed by atoms with Gasteiger partial charge in [-0.15, -0.1) is 0 Å². The van der Waals surface area contributed by atoms with Gasteiger partial charge >= 0.3 is 5.97 Å². The second-order valence-corrected chi connectivity index (χ2v) is 5.10. The molecule has 0 aromatic heterocycles. The summed E-state index contributed by atoms with van der Waals surface area (Å²) < 4.78 is 19.2. The van der Waals surface area contributed by atoms with Crippen LogP contribution in [0.3, 0.4) is 0 Å². The second kappa shape index (κ2) is 7.04. The third-order valence-electron chi connectivity index (χ3n) is 2.70. The Labute approximate surface area is 129 Å². The fourth-order valence-electron chi connectivity index (χ4n) is 1.70. The maximum atomic E-state index is 13.1. The van der Waals surface area contributed by atoms with E-state index in [1.807, 2.05) is 0 Å². The molecule has 108 valence electrons. The van der Waals surface area contributed by atoms with E-state index in [2.05, 4.69) is 15.9 Å². The number of hydrogen-bond acceptors (Lipinski definition) is 2. The van der Waals surface area contributed by atoms with E-state index >= 15 is 0 Å². The van der Waals surface area contributed by atoms with Crippen molar-refractivity contribution in [1.29, 1.82) is 0 Å². The van der Waals surface area contributed by atoms with Crippen LogP contribution in [0.2, 0.25) is 0 Å². The number of carboxylic acid groups (broad SMARTS) is 1. The molecule has 0 bridgehead atoms. The Bertz CT molecular complexity index is 683. The summed E-state index contributed by atoms with van der Waals surface area (Å²) in [5.74, 6) is -0.786. The van der Waals surface area contributed by atoms with E-state index in [1.165, 1.54) is 12.1 Å². The Morgan fingerprint density at radius 2 is 2.05 bits per heavy atom. The molecule has 0 aliphatic carbocycles. The van der Waals surface area contributed by atoms with Gasteiger partial charge in [0.2, 0.25) is 0 Å². The summed E-state index contributed by atoms with van der Waals surface area (Å²) >= 11 is 3.12. The molecule has 0 aliphatic rings. The van der Waals surface area contributed by atoms with Crippen LogP contribution < -0.4 is 4.74 Å². The van der Waals surface area contributed by atoms with Crippen LogP contribution in [0.5, 0.6) is 5.75 Å². The number of aliphatic carboxylic acids is 1. The molecule has 5 heteroatoms. The first-order chi connectivity index (χ1) is 10.1. The molecule has 1 N–H and O–H groups in total. The van der Waals surface area contributed by atoms with Crippen molar-refractivity contribution in [3.63, 3.8) is 0 Å². The summed E-state index contributed by atoms with van der Waals surface area (Å²) in [6.07, 6.45) is 2.52. The van der Waals surface area contributed by atoms with E-state index < -0.39 is 5.97 Å². The smallest absolute Gasteiger partial charge is 0.328 e. The quantitative estimate of drug-likeness (QED) is 0.819. The third-order valence-corrected chi connectivity index (χ3v) is 3.31. The molecular weight excluding hydrogens is 339 g/mol. The highest BCUT2D eigenvalue weighted by atomic mass is 79.9. The Morgan fingerprint density at radius 1 is 1.29 bits per heavy atom. The molecular formula is C16H12BrFO3. The van der Waals surface area contributed by atoms with Crippen LogP contribution >= 0.6 is 15.9 Å². The van der Waals surface area contributed by atoms with E-state index in [0.717, 1.165) is 11.6 Å². The zero-order chi connectivity index (χ0) is 15.2. The Hall–Kier alpha value is -2.14. The molecule has 0 fully saturated rings. The average Bonchev–Trinajstić information content (AvgIpc) is 2.47. The summed E-state index contributed by atoms with van der Waals surface area (Å²) in [5.41, 5.74) is 1.47. The molecule has 21 heavy (non-hydrogen) atoms. The summed E-state index contributed by atoms with van der Waals surface area (Å²) in [6, 6.07) is 11.7. The van der Waals surface area contributed by atoms with Gasteiger partial charge in [0.25, 0.3) is 0 Å². The van der Waals surface area contributed by atoms with Gasteiger partial charge in [0, 0.05) is 11.6 Å². The average molecular weight is 351 g/mol. The fraction of sp³-hybridized carbons (Fsp3) is 0.0625. The van der Waals surface area contributed by atoms with Crippen LogP contribution in [0.25, 0.3) is 6.08 Å². The van der Waals surface area contributed by atoms with Gasteiger partial charge in [-0.25, -0.2) is 9.18 Å². The predicted octanol–water partition coefficient (Wildman–Crippen LogP) is 4.27. The number of carbonyl (C=O) groups is 1. The third kappa shape index (κ3) is 4.43. The molecule has 0 aliphatic heterocycles. The maximum Gasteiger partial charge on any atom is 0.328 e. The van der Waals surface area contributed by atoms with Crippen molar-refractivity contribution < 1.29 is 19.0 Å². The minimum absolute atomic E-state index is 0.261. The first kappa shape index (κ1) is 15.3. The molecule has 0 atom stereocenters. The zero-order valence-electron chi connectivity index (χ0n) is 10.9. The lowest BCUT2D eigenvalue weighted by Crippen LogP contribution is -1.97. The maximum absolute atomic E-state index is 13.1. The standard InChI is InChI=1S/C16H12BrFO3/c17-13-9-11(5-7-14(13)18)10-21-15-4-2-1-3-12(15)6-8-16(19)20/h1-9H,10H2,(H,19,20). The Kier molecular flexibility index (Phi) is 5.11. The van der Waals surface area contributed by atoms with Crippen LogP contribution in [0, 0.1) is 5.82 Å². The molecule has 2 aromatic carbocycles. The van der Waals surface area contributed by atoms with Gasteiger partial charge in [-0.05, 0) is 45.8 Å². The van der Waals surface area contributed by atoms with Gasteiger partial charge in [0.1, 0.15) is 18.2 Å². The van der Waals surface area contributed by atoms with Crippen molar-refractivity contribution in [2.45, 2.75) is 6.61 Å². The van der Waals surface area contributed by atoms with Crippen LogP contribution in [0.15, 0.2) is 53.0 Å². The lowest BCUT2D eigenvalue weighted by Gasteiger charge is -2.09. The van der Waals surface area contributed by atoms with Gasteiger partial charge in [0.05, 0.1) is 4.47 Å². The topological polar surface area (TPSA) is 46.5 Å². The fourth-order valence-corrected chi connectivity index (χ4v) is 2.13. The van der Waals surface area contributed by atoms with E-state index in [-0.39, 0.29) is 12.4 Å². The largest absolute Gasteiger partial charge is 0.488 e. The van der Waals surface area contributed by atoms with E-state index in [9.17, 15) is 9.18 Å². The number of benzene rings is 2. The lowest BCUT2D eigenvalue weighted by molar-refractivity contribution is -0.131. The monoisotopic (exact) mass is 350 g/mol. The number of rotatable bonds is 5. The van der Waals surface area contributed by atoms with E-state index in [1.54, 1.807) is 36.4 Å². The Morgan fingerprint density at radius 3 is 2.76 bits per heavy atom. The normalized spacial score (nSPS) is 10.8. The minimum Gasteiger partial charge on any atom is -0.488 e. The second-order valence-electron chi connectivity index (χ2n) is 4.25. The summed E-state index contributed by atoms with van der Waals surface area (Å²) in [4.78, 5) is 10.6. The van der Waals surface area contributed by atoms with Gasteiger partial charge in [-0.3, -0.25) is 0 Å². The van der Waals surface area contributed by atoms with E-state index in [0.29, 0.717) is 15.8 Å². The van der Waals surface area contributed by atoms with Crippen molar-refractivity contribution in [2.24, 2.45) is 0 Å². The van der Waals surface area contributed by atoms with Crippen molar-refractivity contribution >= 4 is 28.0 Å². The summed E-state index contributed by atoms with van der Waals surface area (Å²) in [5, 5.41) is 8.66. The number of para-hydroxylation sites is 1. The van der Waals surface area contributed by atoms with Crippen molar-refractivity contribution in [3.05, 3.63) is 70.0 Å². The van der Waals surface area contributed by atoms with Crippen LogP contribution in [0.4, 0.5) is 4.39 Å². The molecule has 0 heterocycles. The molecule has 0 saturated carbocycles. The molecule has 0 spiro atoms. The van der Waals surface area contributed by atoms with Crippen molar-refractivity contribution in [1.82, 2.24) is 0 Å². The molecule has 0 radical (unpaired) electrons. The number of carboxylic acids is 1. The number of hydrogen-bond donors (Lipinski definition) is 1. The highest BCUT2D eigenvalue weighted by molar-refractivity contribution is 9.10. The van der Waals surface area contributed by atoms with Crippen molar-refractivity contribution in [3.8, 4) is 5.75 Å². The highest BCUT2D eigenvalue weighted by Gasteiger charge is 2.04. The first-order valence-electron chi connectivity index (χ1n) is 6.13. The molecule has 3 nitrogen and oxygen atoms in total. The Balaban J connectivity index is 2.12. The molecule has 0 unspecified atom stereocenters. The summed E-state index contributed by atoms with van der Waals surface area (Å²) in [6.45, 7) is 0.261. The summed E-state index contributed by atoms with van der Waals surface area (Å²) in [7, 11) is 0. The molecule has 0 amide bonds. The van der Waals surface area contributed by atoms with Crippen molar-refractivity contribution in [2.75, 3.05) is 0 Å². The predicted molar refractivity (Wildman–Crippen MR) is 81.5 cm³/mol. The first-order valence-corrected chi connectivity index (χ1v) is 6.92. The molecule has 0 saturated heterocycles. The van der Waals surface area contributed by atoms with Gasteiger partial charge in [-0.2, -0.15) is 0 Å².